The van der Waals surface area contributed by atoms with Gasteiger partial charge in [-0.2, -0.15) is 0 Å². The molecule has 0 spiro atoms. The maximum atomic E-state index is 12.0. The number of nitrogens with one attached hydrogen (secondary N) is 1. The van der Waals surface area contributed by atoms with Crippen molar-refractivity contribution < 1.29 is 16.8 Å². The summed E-state index contributed by atoms with van der Waals surface area (Å²) in [6, 6.07) is 4.12. The summed E-state index contributed by atoms with van der Waals surface area (Å²) in [6.45, 7) is 7.02. The number of hydrogen-bond donors (Lipinski definition) is 2. The fourth-order valence-corrected chi connectivity index (χ4v) is 4.28. The summed E-state index contributed by atoms with van der Waals surface area (Å²) in [4.78, 5) is -0.0173. The van der Waals surface area contributed by atoms with Crippen molar-refractivity contribution in [3.05, 3.63) is 23.8 Å². The molecule has 0 atom stereocenters. The summed E-state index contributed by atoms with van der Waals surface area (Å²) in [7, 11) is -7.29. The van der Waals surface area contributed by atoms with Crippen molar-refractivity contribution in [1.82, 2.24) is 0 Å². The number of sulfonamides is 2. The number of hydrogen-bond acceptors (Lipinski definition) is 4. The van der Waals surface area contributed by atoms with E-state index in [0.29, 0.717) is 11.3 Å². The minimum atomic E-state index is -3.80. The fourth-order valence-electron chi connectivity index (χ4n) is 1.82. The molecule has 0 amide bonds. The highest BCUT2D eigenvalue weighted by Crippen LogP contribution is 2.22. The van der Waals surface area contributed by atoms with E-state index < -0.39 is 20.0 Å². The number of nitrogens with two attached hydrogens (primary N) is 1. The van der Waals surface area contributed by atoms with Crippen LogP contribution in [0.2, 0.25) is 0 Å². The number of aryl methyl sites for hydroxylation is 1. The Morgan fingerprint density at radius 2 is 1.70 bits per heavy atom. The summed E-state index contributed by atoms with van der Waals surface area (Å²) in [5, 5.41) is 5.05. The normalized spacial score (nSPS) is 13.2. The van der Waals surface area contributed by atoms with Gasteiger partial charge >= 0.3 is 0 Å². The topological polar surface area (TPSA) is 106 Å². The molecule has 0 heterocycles. The maximum absolute atomic E-state index is 12.0. The van der Waals surface area contributed by atoms with Gasteiger partial charge in [-0.15, -0.1) is 0 Å². The van der Waals surface area contributed by atoms with Gasteiger partial charge in [0.05, 0.1) is 10.6 Å². The minimum Gasteiger partial charge on any atom is -0.284 e. The first-order valence-electron chi connectivity index (χ1n) is 5.94. The molecule has 1 aromatic rings. The molecule has 0 bridgehead atoms. The zero-order valence-electron chi connectivity index (χ0n) is 12.0. The van der Waals surface area contributed by atoms with E-state index in [1.807, 2.05) is 20.8 Å². The van der Waals surface area contributed by atoms with Crippen molar-refractivity contribution in [3.63, 3.8) is 0 Å². The third-order valence-electron chi connectivity index (χ3n) is 2.38. The standard InChI is InChI=1S/C12H20N2O4S2/c1-9-7-10(5-6-11(9)20(13,17)18)14-19(15,16)8-12(2,3)4/h5-7,14H,8H2,1-4H3,(H2,13,17,18). The van der Waals surface area contributed by atoms with Crippen molar-refractivity contribution in [2.24, 2.45) is 10.6 Å². The molecule has 114 valence electrons. The number of primary sulfonamides is 1. The summed E-state index contributed by atoms with van der Waals surface area (Å²) in [6.07, 6.45) is 0. The second-order valence-corrected chi connectivity index (χ2v) is 9.20. The molecule has 0 aliphatic carbocycles. The van der Waals surface area contributed by atoms with Crippen LogP contribution in [0.3, 0.4) is 0 Å². The molecule has 1 aromatic carbocycles. The smallest absolute Gasteiger partial charge is 0.238 e. The Balaban J connectivity index is 3.05. The Morgan fingerprint density at radius 3 is 2.10 bits per heavy atom. The van der Waals surface area contributed by atoms with Gasteiger partial charge in [-0.3, -0.25) is 4.72 Å². The molecule has 1 rings (SSSR count). The number of anilines is 1. The van der Waals surface area contributed by atoms with Crippen LogP contribution in [0.15, 0.2) is 23.1 Å². The summed E-state index contributed by atoms with van der Waals surface area (Å²) < 4.78 is 48.9. The molecule has 0 aliphatic heterocycles. The van der Waals surface area contributed by atoms with E-state index in [4.69, 9.17) is 5.14 Å². The van der Waals surface area contributed by atoms with Crippen LogP contribution in [0, 0.1) is 12.3 Å². The molecular formula is C12H20N2O4S2. The van der Waals surface area contributed by atoms with Crippen LogP contribution >= 0.6 is 0 Å². The zero-order chi connectivity index (χ0) is 15.8. The van der Waals surface area contributed by atoms with E-state index in [0.717, 1.165) is 0 Å². The Hall–Kier alpha value is -1.12. The quantitative estimate of drug-likeness (QED) is 0.875. The highest BCUT2D eigenvalue weighted by Gasteiger charge is 2.22. The Morgan fingerprint density at radius 1 is 1.15 bits per heavy atom. The molecular weight excluding hydrogens is 300 g/mol. The van der Waals surface area contributed by atoms with Crippen LogP contribution in [0.1, 0.15) is 26.3 Å². The van der Waals surface area contributed by atoms with Gasteiger partial charge in [0, 0.05) is 5.69 Å². The van der Waals surface area contributed by atoms with Gasteiger partial charge in [-0.05, 0) is 36.1 Å². The van der Waals surface area contributed by atoms with E-state index in [1.165, 1.54) is 18.2 Å². The first-order chi connectivity index (χ1) is 8.80. The third-order valence-corrected chi connectivity index (χ3v) is 5.24. The van der Waals surface area contributed by atoms with Crippen molar-refractivity contribution in [1.29, 1.82) is 0 Å². The van der Waals surface area contributed by atoms with E-state index in [2.05, 4.69) is 4.72 Å². The van der Waals surface area contributed by atoms with E-state index in [9.17, 15) is 16.8 Å². The monoisotopic (exact) mass is 320 g/mol. The average Bonchev–Trinajstić information content (AvgIpc) is 2.09. The molecule has 20 heavy (non-hydrogen) atoms. The number of rotatable bonds is 4. The highest BCUT2D eigenvalue weighted by atomic mass is 32.2. The van der Waals surface area contributed by atoms with E-state index in [-0.39, 0.29) is 16.1 Å². The van der Waals surface area contributed by atoms with Gasteiger partial charge < -0.3 is 0 Å². The first-order valence-corrected chi connectivity index (χ1v) is 9.14. The van der Waals surface area contributed by atoms with Gasteiger partial charge in [0.2, 0.25) is 20.0 Å². The van der Waals surface area contributed by atoms with Gasteiger partial charge in [0.25, 0.3) is 0 Å². The first kappa shape index (κ1) is 16.9. The van der Waals surface area contributed by atoms with Crippen LogP contribution in [0.5, 0.6) is 0 Å². The molecule has 8 heteroatoms. The van der Waals surface area contributed by atoms with Crippen molar-refractivity contribution in [3.8, 4) is 0 Å². The summed E-state index contributed by atoms with van der Waals surface area (Å²) in [5.74, 6) is -0.0318. The fraction of sp³-hybridized carbons (Fsp3) is 0.500. The van der Waals surface area contributed by atoms with Gasteiger partial charge in [-0.1, -0.05) is 20.8 Å². The zero-order valence-corrected chi connectivity index (χ0v) is 13.6. The molecule has 3 N–H and O–H groups in total. The van der Waals surface area contributed by atoms with Crippen molar-refractivity contribution in [2.45, 2.75) is 32.6 Å². The lowest BCUT2D eigenvalue weighted by Gasteiger charge is -2.19. The summed E-state index contributed by atoms with van der Waals surface area (Å²) in [5.41, 5.74) is 0.337. The number of benzene rings is 1. The summed E-state index contributed by atoms with van der Waals surface area (Å²) >= 11 is 0. The van der Waals surface area contributed by atoms with E-state index >= 15 is 0 Å². The van der Waals surface area contributed by atoms with Crippen molar-refractivity contribution in [2.75, 3.05) is 10.5 Å². The molecule has 6 nitrogen and oxygen atoms in total. The largest absolute Gasteiger partial charge is 0.284 e. The van der Waals surface area contributed by atoms with Crippen LogP contribution in [0.25, 0.3) is 0 Å². The second kappa shape index (κ2) is 5.34. The van der Waals surface area contributed by atoms with Crippen LogP contribution in [-0.2, 0) is 20.0 Å². The molecule has 0 unspecified atom stereocenters. The van der Waals surface area contributed by atoms with Gasteiger partial charge in [0.1, 0.15) is 0 Å². The van der Waals surface area contributed by atoms with Crippen LogP contribution in [0.4, 0.5) is 5.69 Å². The Labute approximate surface area is 120 Å². The predicted molar refractivity (Wildman–Crippen MR) is 79.4 cm³/mol. The van der Waals surface area contributed by atoms with Crippen LogP contribution < -0.4 is 9.86 Å². The Kier molecular flexibility index (Phi) is 4.52. The lowest BCUT2D eigenvalue weighted by atomic mass is 10.0. The van der Waals surface area contributed by atoms with E-state index in [1.54, 1.807) is 6.92 Å². The highest BCUT2D eigenvalue weighted by molar-refractivity contribution is 7.92. The lowest BCUT2D eigenvalue weighted by Crippen LogP contribution is -2.26. The van der Waals surface area contributed by atoms with Gasteiger partial charge in [0.15, 0.2) is 0 Å². The minimum absolute atomic E-state index is 0.0173. The van der Waals surface area contributed by atoms with Crippen molar-refractivity contribution >= 4 is 25.7 Å². The molecule has 0 saturated heterocycles. The maximum Gasteiger partial charge on any atom is 0.238 e. The molecule has 0 saturated carbocycles. The predicted octanol–water partition coefficient (Wildman–Crippen LogP) is 1.43. The second-order valence-electron chi connectivity index (χ2n) is 5.95. The third kappa shape index (κ3) is 5.10. The SMILES string of the molecule is Cc1cc(NS(=O)(=O)CC(C)(C)C)ccc1S(N)(=O)=O. The lowest BCUT2D eigenvalue weighted by molar-refractivity contribution is 0.463. The molecule has 0 aliphatic rings. The molecule has 0 aromatic heterocycles. The molecule has 0 fully saturated rings. The van der Waals surface area contributed by atoms with Gasteiger partial charge in [-0.25, -0.2) is 22.0 Å². The Bertz CT molecular complexity index is 701. The average molecular weight is 320 g/mol. The van der Waals surface area contributed by atoms with Crippen LogP contribution in [-0.4, -0.2) is 22.6 Å². The molecule has 0 radical (unpaired) electrons.